The molecule has 0 aliphatic rings. The van der Waals surface area contributed by atoms with Gasteiger partial charge in [0.05, 0.1) is 13.2 Å². The molecule has 0 saturated heterocycles. The van der Waals surface area contributed by atoms with E-state index < -0.39 is 16.1 Å². The molecule has 0 bridgehead atoms. The number of anilines is 1. The van der Waals surface area contributed by atoms with Crippen molar-refractivity contribution >= 4 is 32.4 Å². The van der Waals surface area contributed by atoms with Gasteiger partial charge in [-0.05, 0) is 38.5 Å². The fourth-order valence-electron chi connectivity index (χ4n) is 2.31. The Hall–Kier alpha value is -2.24. The fraction of sp³-hybridized carbons (Fsp3) is 0.500. The highest BCUT2D eigenvalue weighted by atomic mass is 32.2. The summed E-state index contributed by atoms with van der Waals surface area (Å²) >= 11 is 0.794. The standard InChI is InChI=1S/C18H26N4O5S2/c1-6-26-14-9-8-13(10-15(14)27-7-2)12(5)22-29(24,25)18-21-20-17(28-18)19-16(23)11(3)4/h8-12,22H,6-7H2,1-5H3,(H,19,20,23)/t12-/m0/s1. The van der Waals surface area contributed by atoms with Crippen molar-refractivity contribution in [3.63, 3.8) is 0 Å². The van der Waals surface area contributed by atoms with Crippen LogP contribution in [0.15, 0.2) is 22.5 Å². The molecule has 2 rings (SSSR count). The van der Waals surface area contributed by atoms with Gasteiger partial charge in [-0.1, -0.05) is 31.3 Å². The Morgan fingerprint density at radius 1 is 1.10 bits per heavy atom. The average molecular weight is 443 g/mol. The normalized spacial score (nSPS) is 12.6. The van der Waals surface area contributed by atoms with Crippen molar-refractivity contribution in [3.05, 3.63) is 23.8 Å². The molecule has 11 heteroatoms. The maximum absolute atomic E-state index is 12.7. The molecule has 0 radical (unpaired) electrons. The van der Waals surface area contributed by atoms with Gasteiger partial charge in [0.2, 0.25) is 15.4 Å². The van der Waals surface area contributed by atoms with Gasteiger partial charge in [0, 0.05) is 12.0 Å². The number of ether oxygens (including phenoxy) is 2. The average Bonchev–Trinajstić information content (AvgIpc) is 3.12. The van der Waals surface area contributed by atoms with E-state index in [1.807, 2.05) is 13.8 Å². The number of benzene rings is 1. The Morgan fingerprint density at radius 2 is 1.76 bits per heavy atom. The lowest BCUT2D eigenvalue weighted by Crippen LogP contribution is -2.26. The molecule has 1 atom stereocenters. The maximum Gasteiger partial charge on any atom is 0.270 e. The Morgan fingerprint density at radius 3 is 2.38 bits per heavy atom. The lowest BCUT2D eigenvalue weighted by molar-refractivity contribution is -0.118. The molecule has 2 aromatic rings. The first-order valence-electron chi connectivity index (χ1n) is 9.24. The van der Waals surface area contributed by atoms with Gasteiger partial charge in [-0.15, -0.1) is 10.2 Å². The van der Waals surface area contributed by atoms with Crippen molar-refractivity contribution in [1.82, 2.24) is 14.9 Å². The first-order chi connectivity index (χ1) is 13.7. The summed E-state index contributed by atoms with van der Waals surface area (Å²) in [5.41, 5.74) is 0.707. The summed E-state index contributed by atoms with van der Waals surface area (Å²) in [5, 5.41) is 10.1. The van der Waals surface area contributed by atoms with Crippen LogP contribution in [0.3, 0.4) is 0 Å². The molecular formula is C18H26N4O5S2. The van der Waals surface area contributed by atoms with Crippen LogP contribution in [0.2, 0.25) is 0 Å². The molecule has 0 saturated carbocycles. The molecule has 1 aromatic carbocycles. The summed E-state index contributed by atoms with van der Waals surface area (Å²) in [6.45, 7) is 9.86. The van der Waals surface area contributed by atoms with Crippen LogP contribution >= 0.6 is 11.3 Å². The van der Waals surface area contributed by atoms with Crippen molar-refractivity contribution in [1.29, 1.82) is 0 Å². The molecule has 0 fully saturated rings. The van der Waals surface area contributed by atoms with Gasteiger partial charge in [-0.25, -0.2) is 13.1 Å². The Balaban J connectivity index is 2.17. The summed E-state index contributed by atoms with van der Waals surface area (Å²) in [7, 11) is -3.92. The van der Waals surface area contributed by atoms with Crippen LogP contribution in [-0.2, 0) is 14.8 Å². The zero-order chi connectivity index (χ0) is 21.6. The van der Waals surface area contributed by atoms with E-state index in [4.69, 9.17) is 9.47 Å². The number of carbonyl (C=O) groups excluding carboxylic acids is 1. The third-order valence-corrected chi connectivity index (χ3v) is 6.54. The van der Waals surface area contributed by atoms with Gasteiger partial charge >= 0.3 is 0 Å². The predicted octanol–water partition coefficient (Wildman–Crippen LogP) is 2.97. The topological polar surface area (TPSA) is 120 Å². The summed E-state index contributed by atoms with van der Waals surface area (Å²) in [5.74, 6) is 0.635. The predicted molar refractivity (Wildman–Crippen MR) is 111 cm³/mol. The number of carbonyl (C=O) groups is 1. The van der Waals surface area contributed by atoms with Crippen LogP contribution in [0.25, 0.3) is 0 Å². The number of amides is 1. The lowest BCUT2D eigenvalue weighted by Gasteiger charge is -2.16. The third-order valence-electron chi connectivity index (χ3n) is 3.79. The van der Waals surface area contributed by atoms with Gasteiger partial charge < -0.3 is 14.8 Å². The largest absolute Gasteiger partial charge is 0.490 e. The highest BCUT2D eigenvalue weighted by Crippen LogP contribution is 2.31. The second-order valence-electron chi connectivity index (χ2n) is 6.43. The molecular weight excluding hydrogens is 416 g/mol. The van der Waals surface area contributed by atoms with Crippen molar-refractivity contribution in [3.8, 4) is 11.5 Å². The molecule has 1 heterocycles. The third kappa shape index (κ3) is 6.12. The molecule has 0 unspecified atom stereocenters. The lowest BCUT2D eigenvalue weighted by atomic mass is 10.1. The van der Waals surface area contributed by atoms with Crippen molar-refractivity contribution in [2.45, 2.75) is 45.0 Å². The first kappa shape index (κ1) is 23.0. The Kier molecular flexibility index (Phi) is 7.94. The summed E-state index contributed by atoms with van der Waals surface area (Å²) in [4.78, 5) is 11.7. The monoisotopic (exact) mass is 442 g/mol. The fourth-order valence-corrected chi connectivity index (χ4v) is 4.46. The van der Waals surface area contributed by atoms with E-state index in [1.54, 1.807) is 39.0 Å². The van der Waals surface area contributed by atoms with Crippen molar-refractivity contribution in [2.75, 3.05) is 18.5 Å². The van der Waals surface area contributed by atoms with Gasteiger partial charge in [0.25, 0.3) is 10.0 Å². The highest BCUT2D eigenvalue weighted by molar-refractivity contribution is 7.91. The first-order valence-corrected chi connectivity index (χ1v) is 11.5. The number of hydrogen-bond donors (Lipinski definition) is 2. The van der Waals surface area contributed by atoms with E-state index in [0.717, 1.165) is 11.3 Å². The second-order valence-corrected chi connectivity index (χ2v) is 9.30. The van der Waals surface area contributed by atoms with Crippen molar-refractivity contribution in [2.24, 2.45) is 5.92 Å². The van der Waals surface area contributed by atoms with E-state index in [9.17, 15) is 13.2 Å². The molecule has 0 spiro atoms. The van der Waals surface area contributed by atoms with Crippen LogP contribution in [0.1, 0.15) is 46.2 Å². The second kappa shape index (κ2) is 9.99. The molecule has 29 heavy (non-hydrogen) atoms. The molecule has 160 valence electrons. The highest BCUT2D eigenvalue weighted by Gasteiger charge is 2.24. The molecule has 1 amide bonds. The minimum absolute atomic E-state index is 0.136. The van der Waals surface area contributed by atoms with Gasteiger partial charge in [-0.3, -0.25) is 4.79 Å². The maximum atomic E-state index is 12.7. The Labute approximate surface area is 174 Å². The number of nitrogens with one attached hydrogen (secondary N) is 2. The van der Waals surface area contributed by atoms with Crippen LogP contribution in [0.5, 0.6) is 11.5 Å². The Bertz CT molecular complexity index is 943. The van der Waals surface area contributed by atoms with E-state index in [0.29, 0.717) is 30.3 Å². The van der Waals surface area contributed by atoms with Gasteiger partial charge in [0.1, 0.15) is 0 Å². The minimum Gasteiger partial charge on any atom is -0.490 e. The van der Waals surface area contributed by atoms with E-state index in [-0.39, 0.29) is 21.3 Å². The molecule has 0 aliphatic heterocycles. The van der Waals surface area contributed by atoms with E-state index in [1.165, 1.54) is 0 Å². The van der Waals surface area contributed by atoms with E-state index >= 15 is 0 Å². The zero-order valence-electron chi connectivity index (χ0n) is 17.1. The quantitative estimate of drug-likeness (QED) is 0.543. The van der Waals surface area contributed by atoms with Crippen LogP contribution in [-0.4, -0.2) is 37.7 Å². The smallest absolute Gasteiger partial charge is 0.270 e. The van der Waals surface area contributed by atoms with Crippen LogP contribution in [0.4, 0.5) is 5.13 Å². The van der Waals surface area contributed by atoms with Gasteiger partial charge in [-0.2, -0.15) is 0 Å². The van der Waals surface area contributed by atoms with Crippen LogP contribution < -0.4 is 19.5 Å². The molecule has 9 nitrogen and oxygen atoms in total. The number of sulfonamides is 1. The van der Waals surface area contributed by atoms with Crippen molar-refractivity contribution < 1.29 is 22.7 Å². The molecule has 1 aromatic heterocycles. The minimum atomic E-state index is -3.92. The summed E-state index contributed by atoms with van der Waals surface area (Å²) in [6.07, 6.45) is 0. The molecule has 2 N–H and O–H groups in total. The van der Waals surface area contributed by atoms with Gasteiger partial charge in [0.15, 0.2) is 11.5 Å². The van der Waals surface area contributed by atoms with E-state index in [2.05, 4.69) is 20.2 Å². The molecule has 0 aliphatic carbocycles. The summed E-state index contributed by atoms with van der Waals surface area (Å²) in [6, 6.07) is 4.72. The summed E-state index contributed by atoms with van der Waals surface area (Å²) < 4.78 is 38.8. The number of rotatable bonds is 10. The SMILES string of the molecule is CCOc1ccc([C@H](C)NS(=O)(=O)c2nnc(NC(=O)C(C)C)s2)cc1OCC. The number of hydrogen-bond acceptors (Lipinski definition) is 8. The van der Waals surface area contributed by atoms with Crippen LogP contribution in [0, 0.1) is 5.92 Å². The zero-order valence-corrected chi connectivity index (χ0v) is 18.7. The number of nitrogens with zero attached hydrogens (tertiary/aromatic N) is 2. The number of aromatic nitrogens is 2.